The van der Waals surface area contributed by atoms with Crippen molar-refractivity contribution in [1.29, 1.82) is 0 Å². The Morgan fingerprint density at radius 2 is 1.71 bits per heavy atom. The van der Waals surface area contributed by atoms with Crippen molar-refractivity contribution in [3.63, 3.8) is 0 Å². The van der Waals surface area contributed by atoms with Crippen molar-refractivity contribution in [3.8, 4) is 11.1 Å². The Labute approximate surface area is 201 Å². The van der Waals surface area contributed by atoms with Crippen LogP contribution in [0.25, 0.3) is 11.1 Å². The molecule has 3 N–H and O–H groups in total. The number of aromatic carboxylic acids is 1. The maximum atomic E-state index is 12.9. The molecular formula is C26H25N3O6. The fourth-order valence-corrected chi connectivity index (χ4v) is 4.72. The van der Waals surface area contributed by atoms with Gasteiger partial charge in [-0.15, -0.1) is 0 Å². The highest BCUT2D eigenvalue weighted by Crippen LogP contribution is 2.44. The summed E-state index contributed by atoms with van der Waals surface area (Å²) in [6.07, 6.45) is 2.00. The van der Waals surface area contributed by atoms with Crippen LogP contribution in [0.1, 0.15) is 52.6 Å². The molecule has 2 amide bonds. The van der Waals surface area contributed by atoms with Gasteiger partial charge in [-0.25, -0.2) is 9.59 Å². The van der Waals surface area contributed by atoms with Gasteiger partial charge in [0, 0.05) is 12.0 Å². The number of hydrogen-bond acceptors (Lipinski definition) is 6. The lowest BCUT2D eigenvalue weighted by atomic mass is 9.79. The Hall–Kier alpha value is -4.14. The third-order valence-corrected chi connectivity index (χ3v) is 6.74. The topological polar surface area (TPSA) is 131 Å². The molecule has 1 saturated carbocycles. The quantitative estimate of drug-likeness (QED) is 0.453. The van der Waals surface area contributed by atoms with Gasteiger partial charge < -0.3 is 25.0 Å². The number of fused-ring (bicyclic) bond motifs is 3. The van der Waals surface area contributed by atoms with Crippen LogP contribution in [0.2, 0.25) is 0 Å². The Kier molecular flexibility index (Phi) is 6.22. The van der Waals surface area contributed by atoms with Gasteiger partial charge in [0.1, 0.15) is 12.6 Å². The second kappa shape index (κ2) is 9.61. The first kappa shape index (κ1) is 22.6. The average molecular weight is 476 g/mol. The number of rotatable bonds is 8. The molecule has 3 aromatic rings. The Balaban J connectivity index is 1.21. The molecule has 0 aliphatic heterocycles. The van der Waals surface area contributed by atoms with Crippen LogP contribution in [0.4, 0.5) is 4.79 Å². The van der Waals surface area contributed by atoms with Gasteiger partial charge in [-0.2, -0.15) is 0 Å². The number of nitrogens with zero attached hydrogens (tertiary/aromatic N) is 1. The summed E-state index contributed by atoms with van der Waals surface area (Å²) in [6, 6.07) is 16.7. The summed E-state index contributed by atoms with van der Waals surface area (Å²) in [7, 11) is 0. The minimum absolute atomic E-state index is 0.0137. The molecule has 1 fully saturated rings. The van der Waals surface area contributed by atoms with Crippen LogP contribution in [0, 0.1) is 5.92 Å². The van der Waals surface area contributed by atoms with Crippen LogP contribution in [0.5, 0.6) is 0 Å². The lowest BCUT2D eigenvalue weighted by Crippen LogP contribution is -2.52. The van der Waals surface area contributed by atoms with E-state index in [0.29, 0.717) is 0 Å². The van der Waals surface area contributed by atoms with Crippen LogP contribution in [0.3, 0.4) is 0 Å². The van der Waals surface area contributed by atoms with Gasteiger partial charge >= 0.3 is 12.1 Å². The van der Waals surface area contributed by atoms with Crippen molar-refractivity contribution in [2.75, 3.05) is 6.61 Å². The van der Waals surface area contributed by atoms with Gasteiger partial charge in [-0.3, -0.25) is 4.79 Å². The van der Waals surface area contributed by atoms with Crippen molar-refractivity contribution < 1.29 is 28.8 Å². The number of carbonyl (C=O) groups is 3. The van der Waals surface area contributed by atoms with Crippen molar-refractivity contribution in [2.45, 2.75) is 37.8 Å². The number of alkyl carbamates (subject to hydrolysis) is 1. The third kappa shape index (κ3) is 4.62. The fourth-order valence-electron chi connectivity index (χ4n) is 4.72. The zero-order valence-electron chi connectivity index (χ0n) is 18.9. The van der Waals surface area contributed by atoms with Crippen LogP contribution in [-0.2, 0) is 16.1 Å². The van der Waals surface area contributed by atoms with E-state index >= 15 is 0 Å². The molecule has 0 bridgehead atoms. The SMILES string of the molecule is O=C(NC(C(=O)NCc1cc(C(=O)O)no1)C1CCC1)OCC1c2ccccc2-c2ccccc21. The molecule has 2 aromatic carbocycles. The predicted molar refractivity (Wildman–Crippen MR) is 125 cm³/mol. The number of carboxylic acid groups (broad SMARTS) is 1. The van der Waals surface area contributed by atoms with Crippen LogP contribution in [0.15, 0.2) is 59.1 Å². The largest absolute Gasteiger partial charge is 0.476 e. The van der Waals surface area contributed by atoms with E-state index in [0.717, 1.165) is 41.5 Å². The van der Waals surface area contributed by atoms with Gasteiger partial charge in [0.05, 0.1) is 6.54 Å². The maximum absolute atomic E-state index is 12.9. The van der Waals surface area contributed by atoms with Gasteiger partial charge in [-0.1, -0.05) is 60.1 Å². The lowest BCUT2D eigenvalue weighted by Gasteiger charge is -2.33. The zero-order valence-corrected chi connectivity index (χ0v) is 18.9. The van der Waals surface area contributed by atoms with Crippen molar-refractivity contribution in [1.82, 2.24) is 15.8 Å². The molecule has 5 rings (SSSR count). The Morgan fingerprint density at radius 3 is 2.29 bits per heavy atom. The number of hydrogen-bond donors (Lipinski definition) is 3. The zero-order chi connectivity index (χ0) is 24.4. The van der Waals surface area contributed by atoms with E-state index in [9.17, 15) is 14.4 Å². The predicted octanol–water partition coefficient (Wildman–Crippen LogP) is 3.70. The number of amides is 2. The molecule has 2 aliphatic rings. The summed E-state index contributed by atoms with van der Waals surface area (Å²) in [5.74, 6) is -1.44. The summed E-state index contributed by atoms with van der Waals surface area (Å²) in [6.45, 7) is 0.129. The Morgan fingerprint density at radius 1 is 1.06 bits per heavy atom. The van der Waals surface area contributed by atoms with E-state index in [1.54, 1.807) is 0 Å². The average Bonchev–Trinajstić information content (AvgIpc) is 3.43. The molecule has 0 saturated heterocycles. The van der Waals surface area contributed by atoms with E-state index in [1.807, 2.05) is 36.4 Å². The van der Waals surface area contributed by atoms with E-state index in [2.05, 4.69) is 27.9 Å². The molecule has 0 radical (unpaired) electrons. The van der Waals surface area contributed by atoms with Crippen molar-refractivity contribution in [2.24, 2.45) is 5.92 Å². The molecule has 180 valence electrons. The molecular weight excluding hydrogens is 450 g/mol. The molecule has 35 heavy (non-hydrogen) atoms. The van der Waals surface area contributed by atoms with Gasteiger partial charge in [0.2, 0.25) is 5.91 Å². The number of benzene rings is 2. The van der Waals surface area contributed by atoms with Crippen molar-refractivity contribution in [3.05, 3.63) is 77.2 Å². The second-order valence-corrected chi connectivity index (χ2v) is 8.84. The van der Waals surface area contributed by atoms with Crippen molar-refractivity contribution >= 4 is 18.0 Å². The summed E-state index contributed by atoms with van der Waals surface area (Å²) in [4.78, 5) is 36.5. The number of nitrogens with one attached hydrogen (secondary N) is 2. The molecule has 9 heteroatoms. The highest BCUT2D eigenvalue weighted by molar-refractivity contribution is 5.87. The van der Waals surface area contributed by atoms with E-state index in [4.69, 9.17) is 14.4 Å². The molecule has 1 atom stereocenters. The minimum Gasteiger partial charge on any atom is -0.476 e. The molecule has 9 nitrogen and oxygen atoms in total. The molecule has 1 heterocycles. The van der Waals surface area contributed by atoms with Crippen LogP contribution in [-0.4, -0.2) is 40.9 Å². The smallest absolute Gasteiger partial charge is 0.407 e. The third-order valence-electron chi connectivity index (χ3n) is 6.74. The molecule has 0 spiro atoms. The van der Waals surface area contributed by atoms with Gasteiger partial charge in [0.15, 0.2) is 11.5 Å². The summed E-state index contributed by atoms with van der Waals surface area (Å²) >= 11 is 0. The number of carbonyl (C=O) groups excluding carboxylic acids is 2. The minimum atomic E-state index is -1.21. The Bertz CT molecular complexity index is 1220. The normalized spacial score (nSPS) is 15.4. The molecule has 2 aliphatic carbocycles. The van der Waals surface area contributed by atoms with Crippen LogP contribution < -0.4 is 10.6 Å². The van der Waals surface area contributed by atoms with E-state index in [1.165, 1.54) is 6.07 Å². The van der Waals surface area contributed by atoms with E-state index < -0.39 is 18.1 Å². The fraction of sp³-hybridized carbons (Fsp3) is 0.308. The number of ether oxygens (including phenoxy) is 1. The van der Waals surface area contributed by atoms with Gasteiger partial charge in [-0.05, 0) is 41.0 Å². The maximum Gasteiger partial charge on any atom is 0.407 e. The highest BCUT2D eigenvalue weighted by atomic mass is 16.5. The summed E-state index contributed by atoms with van der Waals surface area (Å²) < 4.78 is 10.5. The molecule has 1 aromatic heterocycles. The van der Waals surface area contributed by atoms with E-state index in [-0.39, 0.29) is 42.3 Å². The lowest BCUT2D eigenvalue weighted by molar-refractivity contribution is -0.125. The first-order valence-electron chi connectivity index (χ1n) is 11.6. The number of carboxylic acids is 1. The number of aromatic nitrogens is 1. The first-order chi connectivity index (χ1) is 17.0. The molecule has 1 unspecified atom stereocenters. The standard InChI is InChI=1S/C26H25N3O6/c30-24(27-13-16-12-22(25(31)32)29-35-16)23(15-6-5-7-15)28-26(33)34-14-21-19-10-3-1-8-17(19)18-9-2-4-11-20(18)21/h1-4,8-12,15,21,23H,5-7,13-14H2,(H,27,30)(H,28,33)(H,31,32). The highest BCUT2D eigenvalue weighted by Gasteiger charge is 2.35. The summed E-state index contributed by atoms with van der Waals surface area (Å²) in [5, 5.41) is 17.8. The van der Waals surface area contributed by atoms with Gasteiger partial charge in [0.25, 0.3) is 0 Å². The van der Waals surface area contributed by atoms with Crippen LogP contribution >= 0.6 is 0 Å². The first-order valence-corrected chi connectivity index (χ1v) is 11.6. The second-order valence-electron chi connectivity index (χ2n) is 8.84. The summed E-state index contributed by atoms with van der Waals surface area (Å²) in [5.41, 5.74) is 4.27. The monoisotopic (exact) mass is 475 g/mol.